The SMILES string of the molecule is CN(C)c1nc(CN(C)[C@H]2CCN(C(=O)NCc3ccoc3)C2)cc(=O)[nH]1. The van der Waals surface area contributed by atoms with Gasteiger partial charge in [-0.15, -0.1) is 0 Å². The number of urea groups is 1. The highest BCUT2D eigenvalue weighted by Gasteiger charge is 2.29. The Bertz CT molecular complexity index is 817. The zero-order valence-electron chi connectivity index (χ0n) is 15.9. The monoisotopic (exact) mass is 374 g/mol. The van der Waals surface area contributed by atoms with Gasteiger partial charge in [-0.3, -0.25) is 14.7 Å². The van der Waals surface area contributed by atoms with Crippen LogP contribution in [0.15, 0.2) is 33.9 Å². The highest BCUT2D eigenvalue weighted by atomic mass is 16.3. The van der Waals surface area contributed by atoms with Crippen LogP contribution in [-0.2, 0) is 13.1 Å². The van der Waals surface area contributed by atoms with Crippen LogP contribution in [0, 0.1) is 0 Å². The minimum absolute atomic E-state index is 0.0729. The molecule has 0 radical (unpaired) electrons. The molecule has 3 heterocycles. The van der Waals surface area contributed by atoms with Crippen molar-refractivity contribution in [3.05, 3.63) is 46.3 Å². The molecule has 2 aromatic heterocycles. The zero-order valence-corrected chi connectivity index (χ0v) is 15.9. The molecule has 0 unspecified atom stereocenters. The molecule has 0 bridgehead atoms. The number of nitrogens with zero attached hydrogens (tertiary/aromatic N) is 4. The fraction of sp³-hybridized carbons (Fsp3) is 0.500. The van der Waals surface area contributed by atoms with Gasteiger partial charge in [0.1, 0.15) is 0 Å². The maximum atomic E-state index is 12.3. The van der Waals surface area contributed by atoms with Crippen LogP contribution in [0.2, 0.25) is 0 Å². The number of likely N-dealkylation sites (N-methyl/N-ethyl adjacent to an activating group) is 1. The molecule has 146 valence electrons. The van der Waals surface area contributed by atoms with E-state index in [0.29, 0.717) is 37.8 Å². The van der Waals surface area contributed by atoms with Crippen LogP contribution in [0.3, 0.4) is 0 Å². The Kier molecular flexibility index (Phi) is 5.80. The average molecular weight is 374 g/mol. The minimum atomic E-state index is -0.163. The van der Waals surface area contributed by atoms with E-state index in [1.807, 2.05) is 32.1 Å². The molecule has 0 spiro atoms. The number of aromatic nitrogens is 2. The van der Waals surface area contributed by atoms with E-state index in [9.17, 15) is 9.59 Å². The van der Waals surface area contributed by atoms with Crippen LogP contribution in [-0.4, -0.2) is 66.1 Å². The summed E-state index contributed by atoms with van der Waals surface area (Å²) in [5, 5.41) is 2.91. The van der Waals surface area contributed by atoms with Gasteiger partial charge in [0.2, 0.25) is 5.95 Å². The van der Waals surface area contributed by atoms with Gasteiger partial charge in [0.15, 0.2) is 0 Å². The van der Waals surface area contributed by atoms with E-state index in [2.05, 4.69) is 20.2 Å². The summed E-state index contributed by atoms with van der Waals surface area (Å²) in [4.78, 5) is 37.1. The van der Waals surface area contributed by atoms with Crippen LogP contribution in [0.25, 0.3) is 0 Å². The lowest BCUT2D eigenvalue weighted by Gasteiger charge is -2.24. The minimum Gasteiger partial charge on any atom is -0.472 e. The Morgan fingerprint density at radius 1 is 1.44 bits per heavy atom. The Hall–Kier alpha value is -2.81. The standard InChI is InChI=1S/C18H26N6O3/c1-22(2)17-20-14(8-16(25)21-17)10-23(3)15-4-6-24(11-15)18(26)19-9-13-5-7-27-12-13/h5,7-8,12,15H,4,6,9-11H2,1-3H3,(H,19,26)(H,20,21,25)/t15-/m0/s1. The van der Waals surface area contributed by atoms with Gasteiger partial charge in [0.05, 0.1) is 18.2 Å². The fourth-order valence-electron chi connectivity index (χ4n) is 3.14. The summed E-state index contributed by atoms with van der Waals surface area (Å²) in [6, 6.07) is 3.51. The molecule has 3 rings (SSSR count). The molecule has 1 fully saturated rings. The quantitative estimate of drug-likeness (QED) is 0.778. The van der Waals surface area contributed by atoms with E-state index in [-0.39, 0.29) is 17.6 Å². The van der Waals surface area contributed by atoms with E-state index in [1.165, 1.54) is 6.07 Å². The molecule has 27 heavy (non-hydrogen) atoms. The molecule has 0 aliphatic carbocycles. The van der Waals surface area contributed by atoms with Crippen molar-refractivity contribution in [3.63, 3.8) is 0 Å². The van der Waals surface area contributed by atoms with Crippen molar-refractivity contribution >= 4 is 12.0 Å². The number of hydrogen-bond acceptors (Lipinski definition) is 6. The van der Waals surface area contributed by atoms with Gasteiger partial charge < -0.3 is 19.5 Å². The van der Waals surface area contributed by atoms with E-state index >= 15 is 0 Å². The van der Waals surface area contributed by atoms with Crippen molar-refractivity contribution in [3.8, 4) is 0 Å². The maximum Gasteiger partial charge on any atom is 0.317 e. The maximum absolute atomic E-state index is 12.3. The second-order valence-electron chi connectivity index (χ2n) is 7.05. The highest BCUT2D eigenvalue weighted by Crippen LogP contribution is 2.16. The topological polar surface area (TPSA) is 97.7 Å². The average Bonchev–Trinajstić information content (AvgIpc) is 3.31. The van der Waals surface area contributed by atoms with Crippen molar-refractivity contribution in [2.24, 2.45) is 0 Å². The molecule has 9 heteroatoms. The van der Waals surface area contributed by atoms with Crippen molar-refractivity contribution in [1.29, 1.82) is 0 Å². The molecular formula is C18H26N6O3. The number of anilines is 1. The number of rotatable bonds is 6. The number of H-pyrrole nitrogens is 1. The smallest absolute Gasteiger partial charge is 0.317 e. The Morgan fingerprint density at radius 2 is 2.26 bits per heavy atom. The second-order valence-corrected chi connectivity index (χ2v) is 7.05. The molecule has 1 saturated heterocycles. The van der Waals surface area contributed by atoms with Crippen LogP contribution < -0.4 is 15.8 Å². The lowest BCUT2D eigenvalue weighted by atomic mass is 10.2. The van der Waals surface area contributed by atoms with Gasteiger partial charge in [-0.05, 0) is 19.5 Å². The number of nitrogens with one attached hydrogen (secondary N) is 2. The Labute approximate surface area is 158 Å². The van der Waals surface area contributed by atoms with E-state index < -0.39 is 0 Å². The molecule has 1 atom stereocenters. The summed E-state index contributed by atoms with van der Waals surface area (Å²) in [6.07, 6.45) is 4.10. The number of furan rings is 1. The van der Waals surface area contributed by atoms with Crippen molar-refractivity contribution in [1.82, 2.24) is 25.1 Å². The molecule has 1 aliphatic rings. The van der Waals surface area contributed by atoms with E-state index in [1.54, 1.807) is 17.4 Å². The highest BCUT2D eigenvalue weighted by molar-refractivity contribution is 5.74. The number of hydrogen-bond donors (Lipinski definition) is 2. The molecular weight excluding hydrogens is 348 g/mol. The number of amides is 2. The first kappa shape index (κ1) is 19.0. The fourth-order valence-corrected chi connectivity index (χ4v) is 3.14. The molecule has 2 N–H and O–H groups in total. The first-order chi connectivity index (χ1) is 12.9. The normalized spacial score (nSPS) is 16.7. The van der Waals surface area contributed by atoms with E-state index in [0.717, 1.165) is 12.0 Å². The predicted molar refractivity (Wildman–Crippen MR) is 102 cm³/mol. The van der Waals surface area contributed by atoms with Crippen LogP contribution >= 0.6 is 0 Å². The summed E-state index contributed by atoms with van der Waals surface area (Å²) >= 11 is 0. The number of carbonyl (C=O) groups excluding carboxylic acids is 1. The summed E-state index contributed by atoms with van der Waals surface area (Å²) in [5.74, 6) is 0.539. The summed E-state index contributed by atoms with van der Waals surface area (Å²) in [5.41, 5.74) is 1.49. The summed E-state index contributed by atoms with van der Waals surface area (Å²) < 4.78 is 5.00. The van der Waals surface area contributed by atoms with Gasteiger partial charge in [0.25, 0.3) is 5.56 Å². The van der Waals surface area contributed by atoms with Crippen LogP contribution in [0.4, 0.5) is 10.7 Å². The largest absolute Gasteiger partial charge is 0.472 e. The van der Waals surface area contributed by atoms with Gasteiger partial charge in [0, 0.05) is 57.9 Å². The van der Waals surface area contributed by atoms with Crippen LogP contribution in [0.5, 0.6) is 0 Å². The summed E-state index contributed by atoms with van der Waals surface area (Å²) in [6.45, 7) is 2.37. The lowest BCUT2D eigenvalue weighted by molar-refractivity contribution is 0.196. The third kappa shape index (κ3) is 4.88. The van der Waals surface area contributed by atoms with Gasteiger partial charge in [-0.2, -0.15) is 0 Å². The Morgan fingerprint density at radius 3 is 2.96 bits per heavy atom. The Balaban J connectivity index is 1.53. The molecule has 1 aliphatic heterocycles. The first-order valence-electron chi connectivity index (χ1n) is 8.94. The van der Waals surface area contributed by atoms with Crippen molar-refractivity contribution in [2.45, 2.75) is 25.6 Å². The lowest BCUT2D eigenvalue weighted by Crippen LogP contribution is -2.41. The van der Waals surface area contributed by atoms with Crippen LogP contribution in [0.1, 0.15) is 17.7 Å². The first-order valence-corrected chi connectivity index (χ1v) is 8.94. The van der Waals surface area contributed by atoms with E-state index in [4.69, 9.17) is 4.42 Å². The number of aromatic amines is 1. The zero-order chi connectivity index (χ0) is 19.4. The third-order valence-electron chi connectivity index (χ3n) is 4.71. The predicted octanol–water partition coefficient (Wildman–Crippen LogP) is 0.845. The van der Waals surface area contributed by atoms with Gasteiger partial charge in [-0.25, -0.2) is 9.78 Å². The molecule has 2 aromatic rings. The van der Waals surface area contributed by atoms with Crippen molar-refractivity contribution < 1.29 is 9.21 Å². The van der Waals surface area contributed by atoms with Gasteiger partial charge >= 0.3 is 6.03 Å². The van der Waals surface area contributed by atoms with Crippen molar-refractivity contribution in [2.75, 3.05) is 39.1 Å². The second kappa shape index (κ2) is 8.26. The molecule has 9 nitrogen and oxygen atoms in total. The molecule has 2 amide bonds. The third-order valence-corrected chi connectivity index (χ3v) is 4.71. The van der Waals surface area contributed by atoms with Gasteiger partial charge in [-0.1, -0.05) is 0 Å². The molecule has 0 saturated carbocycles. The summed E-state index contributed by atoms with van der Waals surface area (Å²) in [7, 11) is 5.67. The molecule has 0 aromatic carbocycles. The number of likely N-dealkylation sites (tertiary alicyclic amines) is 1. The number of carbonyl (C=O) groups is 1.